The number of nitrogens with two attached hydrogens (primary N) is 1. The van der Waals surface area contributed by atoms with E-state index >= 15 is 0 Å². The number of nitrogens with zero attached hydrogens (tertiary/aromatic N) is 2. The number of benzene rings is 2. The van der Waals surface area contributed by atoms with Crippen molar-refractivity contribution in [1.82, 2.24) is 9.88 Å². The number of hydrogen-bond acceptors (Lipinski definition) is 6. The van der Waals surface area contributed by atoms with E-state index in [4.69, 9.17) is 14.9 Å². The van der Waals surface area contributed by atoms with Crippen molar-refractivity contribution < 1.29 is 13.9 Å². The van der Waals surface area contributed by atoms with E-state index in [1.807, 2.05) is 42.7 Å². The first-order valence-electron chi connectivity index (χ1n) is 11.7. The van der Waals surface area contributed by atoms with Gasteiger partial charge in [-0.1, -0.05) is 23.5 Å². The summed E-state index contributed by atoms with van der Waals surface area (Å²) < 4.78 is 13.0. The predicted octanol–water partition coefficient (Wildman–Crippen LogP) is 5.50. The van der Waals surface area contributed by atoms with Gasteiger partial charge in [0.2, 0.25) is 5.91 Å². The van der Waals surface area contributed by atoms with Crippen LogP contribution in [0.5, 0.6) is 10.9 Å². The molecule has 2 aromatic carbocycles. The molecule has 6 rings (SSSR count). The molecule has 0 saturated carbocycles. The highest BCUT2D eigenvalue weighted by Crippen LogP contribution is 2.40. The first kappa shape index (κ1) is 20.7. The molecule has 33 heavy (non-hydrogen) atoms. The lowest BCUT2D eigenvalue weighted by Crippen LogP contribution is -2.44. The number of fused-ring (bicyclic) bond motifs is 4. The first-order valence-corrected chi connectivity index (χ1v) is 12.5. The molecule has 2 aromatic heterocycles. The monoisotopic (exact) mass is 461 g/mol. The Morgan fingerprint density at radius 3 is 2.79 bits per heavy atom. The van der Waals surface area contributed by atoms with Crippen LogP contribution in [-0.2, 0) is 11.2 Å². The first-order chi connectivity index (χ1) is 16.1. The second-order valence-corrected chi connectivity index (χ2v) is 10.3. The minimum Gasteiger partial charge on any atom is -0.464 e. The maximum Gasteiger partial charge on any atom is 0.279 e. The van der Waals surface area contributed by atoms with Gasteiger partial charge in [0.05, 0.1) is 16.5 Å². The van der Waals surface area contributed by atoms with Gasteiger partial charge < -0.3 is 14.9 Å². The van der Waals surface area contributed by atoms with Crippen LogP contribution in [0.15, 0.2) is 53.1 Å². The number of furan rings is 1. The van der Waals surface area contributed by atoms with E-state index < -0.39 is 0 Å². The number of rotatable bonds is 7. The average Bonchev–Trinajstić information content (AvgIpc) is 3.45. The maximum atomic E-state index is 11.3. The third-order valence-corrected chi connectivity index (χ3v) is 8.13. The zero-order valence-corrected chi connectivity index (χ0v) is 19.2. The molecule has 4 aromatic rings. The summed E-state index contributed by atoms with van der Waals surface area (Å²) >= 11 is 1.54. The fourth-order valence-electron chi connectivity index (χ4n) is 5.77. The van der Waals surface area contributed by atoms with Gasteiger partial charge in [0.15, 0.2) is 0 Å². The summed E-state index contributed by atoms with van der Waals surface area (Å²) in [5.41, 5.74) is 8.46. The normalized spacial score (nSPS) is 22.8. The van der Waals surface area contributed by atoms with Crippen LogP contribution >= 0.6 is 11.3 Å². The van der Waals surface area contributed by atoms with Gasteiger partial charge >= 0.3 is 0 Å². The zero-order chi connectivity index (χ0) is 22.4. The summed E-state index contributed by atoms with van der Waals surface area (Å²) in [6.07, 6.45) is 8.04. The number of piperidine rings is 1. The van der Waals surface area contributed by atoms with Gasteiger partial charge in [0.1, 0.15) is 11.3 Å². The molecule has 0 aliphatic carbocycles. The van der Waals surface area contributed by atoms with Gasteiger partial charge in [0, 0.05) is 36.5 Å². The Kier molecular flexibility index (Phi) is 5.31. The number of carbonyl (C=O) groups excluding carboxylic acids is 1. The molecule has 4 heterocycles. The molecule has 2 N–H and O–H groups in total. The molecule has 0 spiro atoms. The molecule has 2 fully saturated rings. The van der Waals surface area contributed by atoms with Crippen LogP contribution in [0, 0.1) is 5.92 Å². The van der Waals surface area contributed by atoms with E-state index in [2.05, 4.69) is 16.0 Å². The van der Waals surface area contributed by atoms with E-state index in [0.717, 1.165) is 52.7 Å². The van der Waals surface area contributed by atoms with E-state index in [0.29, 0.717) is 29.6 Å². The molecule has 7 heteroatoms. The molecule has 2 aliphatic rings. The van der Waals surface area contributed by atoms with Gasteiger partial charge in [0.25, 0.3) is 5.19 Å². The van der Waals surface area contributed by atoms with Crippen LogP contribution in [0.25, 0.3) is 21.2 Å². The lowest BCUT2D eigenvalue weighted by Gasteiger charge is -2.38. The van der Waals surface area contributed by atoms with Crippen molar-refractivity contribution in [3.05, 3.63) is 54.3 Å². The highest BCUT2D eigenvalue weighted by atomic mass is 32.1. The topological polar surface area (TPSA) is 81.6 Å². The van der Waals surface area contributed by atoms with Gasteiger partial charge in [-0.15, -0.1) is 0 Å². The largest absolute Gasteiger partial charge is 0.464 e. The van der Waals surface area contributed by atoms with Crippen LogP contribution in [0.2, 0.25) is 0 Å². The minimum absolute atomic E-state index is 0.163. The molecule has 170 valence electrons. The quantitative estimate of drug-likeness (QED) is 0.393. The van der Waals surface area contributed by atoms with Crippen molar-refractivity contribution in [2.75, 3.05) is 6.54 Å². The number of amides is 1. The third-order valence-electron chi connectivity index (χ3n) is 7.22. The summed E-state index contributed by atoms with van der Waals surface area (Å²) in [5, 5.41) is 1.78. The fraction of sp³-hybridized carbons (Fsp3) is 0.385. The molecule has 1 amide bonds. The predicted molar refractivity (Wildman–Crippen MR) is 130 cm³/mol. The summed E-state index contributed by atoms with van der Waals surface area (Å²) in [6.45, 7) is 1.03. The second-order valence-electron chi connectivity index (χ2n) is 9.35. The van der Waals surface area contributed by atoms with Crippen LogP contribution in [0.1, 0.15) is 37.7 Å². The molecule has 2 saturated heterocycles. The van der Waals surface area contributed by atoms with Gasteiger partial charge in [-0.3, -0.25) is 9.69 Å². The van der Waals surface area contributed by atoms with Crippen LogP contribution in [0.3, 0.4) is 0 Å². The Labute approximate surface area is 196 Å². The van der Waals surface area contributed by atoms with Gasteiger partial charge in [-0.05, 0) is 67.9 Å². The highest BCUT2D eigenvalue weighted by Gasteiger charge is 2.40. The number of aromatic nitrogens is 1. The molecular formula is C26H27N3O3S. The van der Waals surface area contributed by atoms with E-state index in [-0.39, 0.29) is 5.91 Å². The number of primary amides is 1. The number of hydrogen-bond donors (Lipinski definition) is 1. The van der Waals surface area contributed by atoms with E-state index in [1.165, 1.54) is 18.4 Å². The summed E-state index contributed by atoms with van der Waals surface area (Å²) in [6, 6.07) is 15.2. The SMILES string of the molecule is NC(=O)CC1C[C@H]2CC[C@@H](C1)N2CCc1coc2cc(Oc3nc4ccccc4s3)ccc12. The highest BCUT2D eigenvalue weighted by molar-refractivity contribution is 7.20. The number of carbonyl (C=O) groups is 1. The Morgan fingerprint density at radius 2 is 2.00 bits per heavy atom. The lowest BCUT2D eigenvalue weighted by molar-refractivity contribution is -0.119. The Hall–Kier alpha value is -2.90. The van der Waals surface area contributed by atoms with E-state index in [1.54, 1.807) is 11.3 Å². The second kappa shape index (κ2) is 8.47. The molecule has 6 nitrogen and oxygen atoms in total. The Morgan fingerprint density at radius 1 is 1.18 bits per heavy atom. The van der Waals surface area contributed by atoms with Crippen LogP contribution in [-0.4, -0.2) is 34.4 Å². The fourth-order valence-corrected chi connectivity index (χ4v) is 6.60. The van der Waals surface area contributed by atoms with E-state index in [9.17, 15) is 4.79 Å². The summed E-state index contributed by atoms with van der Waals surface area (Å²) in [4.78, 5) is 18.5. The lowest BCUT2D eigenvalue weighted by atomic mass is 9.87. The van der Waals surface area contributed by atoms with Gasteiger partial charge in [-0.25, -0.2) is 4.98 Å². The smallest absolute Gasteiger partial charge is 0.279 e. The molecule has 0 radical (unpaired) electrons. The third kappa shape index (κ3) is 4.11. The average molecular weight is 462 g/mol. The van der Waals surface area contributed by atoms with Crippen LogP contribution < -0.4 is 10.5 Å². The number of thiazole rings is 1. The molecule has 1 unspecified atom stereocenters. The molecule has 3 atom stereocenters. The number of ether oxygens (including phenoxy) is 1. The standard InChI is InChI=1S/C26H27N3O3S/c27-25(30)13-16-11-18-5-6-19(12-16)29(18)10-9-17-15-31-23-14-20(7-8-21(17)23)32-26-28-22-3-1-2-4-24(22)33-26/h1-4,7-8,14-16,18-19H,5-6,9-13H2,(H2,27,30)/t16?,18-,19+. The molecular weight excluding hydrogens is 434 g/mol. The van der Waals surface area contributed by atoms with Crippen molar-refractivity contribution in [3.63, 3.8) is 0 Å². The van der Waals surface area contributed by atoms with Crippen molar-refractivity contribution in [3.8, 4) is 10.9 Å². The van der Waals surface area contributed by atoms with Crippen LogP contribution in [0.4, 0.5) is 0 Å². The number of para-hydroxylation sites is 1. The zero-order valence-electron chi connectivity index (χ0n) is 18.4. The van der Waals surface area contributed by atoms with Crippen molar-refractivity contribution in [2.45, 2.75) is 50.6 Å². The Balaban J connectivity index is 1.13. The molecule has 2 bridgehead atoms. The minimum atomic E-state index is -0.163. The Bertz CT molecular complexity index is 1270. The van der Waals surface area contributed by atoms with Gasteiger partial charge in [-0.2, -0.15) is 0 Å². The summed E-state index contributed by atoms with van der Waals surface area (Å²) in [5.74, 6) is 1.03. The summed E-state index contributed by atoms with van der Waals surface area (Å²) in [7, 11) is 0. The van der Waals surface area contributed by atoms with Crippen molar-refractivity contribution in [2.24, 2.45) is 11.7 Å². The maximum absolute atomic E-state index is 11.3. The van der Waals surface area contributed by atoms with Crippen molar-refractivity contribution >= 4 is 38.4 Å². The molecule has 2 aliphatic heterocycles. The van der Waals surface area contributed by atoms with Crippen molar-refractivity contribution in [1.29, 1.82) is 0 Å².